The summed E-state index contributed by atoms with van der Waals surface area (Å²) in [7, 11) is -3.15. The molecular weight excluding hydrogens is 228 g/mol. The Bertz CT molecular complexity index is 323. The predicted molar refractivity (Wildman–Crippen MR) is 65.1 cm³/mol. The van der Waals surface area contributed by atoms with Crippen LogP contribution < -0.4 is 10.6 Å². The normalized spacial score (nSPS) is 12.5. The molecule has 0 spiro atoms. The second kappa shape index (κ2) is 6.20. The quantitative estimate of drug-likeness (QED) is 0.620. The summed E-state index contributed by atoms with van der Waals surface area (Å²) < 4.78 is 21.8. The first-order valence-electron chi connectivity index (χ1n) is 5.37. The molecule has 0 aliphatic carbocycles. The molecule has 0 bridgehead atoms. The van der Waals surface area contributed by atoms with Crippen molar-refractivity contribution in [2.75, 3.05) is 25.9 Å². The number of hydrogen-bond acceptors (Lipinski definition) is 4. The van der Waals surface area contributed by atoms with Crippen LogP contribution in [0, 0.1) is 0 Å². The molecule has 0 aliphatic heterocycles. The smallest absolute Gasteiger partial charge is 0.221 e. The van der Waals surface area contributed by atoms with Crippen LogP contribution in [0.2, 0.25) is 0 Å². The molecule has 0 aromatic carbocycles. The van der Waals surface area contributed by atoms with E-state index in [9.17, 15) is 13.2 Å². The molecule has 0 aliphatic rings. The largest absolute Gasteiger partial charge is 0.354 e. The molecule has 0 aromatic heterocycles. The summed E-state index contributed by atoms with van der Waals surface area (Å²) in [4.78, 5) is 11.3. The van der Waals surface area contributed by atoms with Crippen LogP contribution in [0.25, 0.3) is 0 Å². The average Bonchev–Trinajstić information content (AvgIpc) is 2.13. The SMILES string of the molecule is CCNCCC(=O)NCC(C)(C)S(C)(=O)=O. The van der Waals surface area contributed by atoms with E-state index in [2.05, 4.69) is 10.6 Å². The first kappa shape index (κ1) is 15.4. The van der Waals surface area contributed by atoms with Crippen LogP contribution in [0.5, 0.6) is 0 Å². The van der Waals surface area contributed by atoms with E-state index in [0.29, 0.717) is 13.0 Å². The Morgan fingerprint density at radius 1 is 1.31 bits per heavy atom. The summed E-state index contributed by atoms with van der Waals surface area (Å²) in [5.74, 6) is -0.127. The average molecular weight is 250 g/mol. The molecule has 0 heterocycles. The molecule has 0 rings (SSSR count). The van der Waals surface area contributed by atoms with Gasteiger partial charge < -0.3 is 10.6 Å². The van der Waals surface area contributed by atoms with Gasteiger partial charge in [-0.25, -0.2) is 8.42 Å². The highest BCUT2D eigenvalue weighted by Gasteiger charge is 2.30. The third kappa shape index (κ3) is 5.46. The van der Waals surface area contributed by atoms with E-state index < -0.39 is 14.6 Å². The monoisotopic (exact) mass is 250 g/mol. The van der Waals surface area contributed by atoms with E-state index in [-0.39, 0.29) is 12.5 Å². The fourth-order valence-corrected chi connectivity index (χ4v) is 1.24. The van der Waals surface area contributed by atoms with Crippen molar-refractivity contribution in [2.45, 2.75) is 31.9 Å². The Morgan fingerprint density at radius 2 is 1.88 bits per heavy atom. The van der Waals surface area contributed by atoms with Crippen molar-refractivity contribution in [1.29, 1.82) is 0 Å². The van der Waals surface area contributed by atoms with Gasteiger partial charge in [-0.1, -0.05) is 6.92 Å². The van der Waals surface area contributed by atoms with Gasteiger partial charge in [0, 0.05) is 25.8 Å². The zero-order valence-electron chi connectivity index (χ0n) is 10.5. The Labute approximate surface area is 97.9 Å². The van der Waals surface area contributed by atoms with E-state index in [1.165, 1.54) is 6.26 Å². The first-order valence-corrected chi connectivity index (χ1v) is 7.27. The number of rotatable bonds is 7. The van der Waals surface area contributed by atoms with Crippen molar-refractivity contribution >= 4 is 15.7 Å². The van der Waals surface area contributed by atoms with Crippen molar-refractivity contribution in [3.05, 3.63) is 0 Å². The number of carbonyl (C=O) groups excluding carboxylic acids is 1. The fraction of sp³-hybridized carbons (Fsp3) is 0.900. The zero-order chi connectivity index (χ0) is 12.8. The molecule has 6 heteroatoms. The molecule has 0 saturated carbocycles. The lowest BCUT2D eigenvalue weighted by Crippen LogP contribution is -2.44. The van der Waals surface area contributed by atoms with Gasteiger partial charge in [-0.3, -0.25) is 4.79 Å². The van der Waals surface area contributed by atoms with Gasteiger partial charge in [-0.05, 0) is 20.4 Å². The molecule has 1 amide bonds. The van der Waals surface area contributed by atoms with Crippen molar-refractivity contribution < 1.29 is 13.2 Å². The molecule has 2 N–H and O–H groups in total. The third-order valence-corrected chi connectivity index (χ3v) is 4.65. The number of amides is 1. The highest BCUT2D eigenvalue weighted by Crippen LogP contribution is 2.13. The van der Waals surface area contributed by atoms with Gasteiger partial charge in [-0.2, -0.15) is 0 Å². The van der Waals surface area contributed by atoms with E-state index >= 15 is 0 Å². The molecule has 16 heavy (non-hydrogen) atoms. The fourth-order valence-electron chi connectivity index (χ4n) is 0.910. The minimum atomic E-state index is -3.15. The molecular formula is C10H22N2O3S. The first-order chi connectivity index (χ1) is 7.20. The molecule has 0 aromatic rings. The van der Waals surface area contributed by atoms with Crippen molar-refractivity contribution in [2.24, 2.45) is 0 Å². The molecule has 0 fully saturated rings. The van der Waals surface area contributed by atoms with E-state index in [0.717, 1.165) is 6.54 Å². The van der Waals surface area contributed by atoms with E-state index in [1.54, 1.807) is 13.8 Å². The molecule has 0 unspecified atom stereocenters. The minimum Gasteiger partial charge on any atom is -0.354 e. The van der Waals surface area contributed by atoms with E-state index in [4.69, 9.17) is 0 Å². The van der Waals surface area contributed by atoms with Crippen LogP contribution >= 0.6 is 0 Å². The molecule has 0 radical (unpaired) electrons. The van der Waals surface area contributed by atoms with Crippen LogP contribution in [-0.4, -0.2) is 45.0 Å². The second-order valence-electron chi connectivity index (χ2n) is 4.41. The lowest BCUT2D eigenvalue weighted by atomic mass is 10.2. The predicted octanol–water partition coefficient (Wildman–Crippen LogP) is -0.0746. The van der Waals surface area contributed by atoms with Crippen LogP contribution in [0.4, 0.5) is 0 Å². The third-order valence-electron chi connectivity index (χ3n) is 2.49. The maximum Gasteiger partial charge on any atom is 0.221 e. The minimum absolute atomic E-state index is 0.127. The molecule has 5 nitrogen and oxygen atoms in total. The van der Waals surface area contributed by atoms with Crippen LogP contribution in [0.1, 0.15) is 27.2 Å². The summed E-state index contributed by atoms with van der Waals surface area (Å²) >= 11 is 0. The summed E-state index contributed by atoms with van der Waals surface area (Å²) in [5, 5.41) is 5.66. The number of sulfone groups is 1. The lowest BCUT2D eigenvalue weighted by Gasteiger charge is -2.22. The zero-order valence-corrected chi connectivity index (χ0v) is 11.3. The van der Waals surface area contributed by atoms with Crippen molar-refractivity contribution in [3.8, 4) is 0 Å². The van der Waals surface area contributed by atoms with Gasteiger partial charge in [0.25, 0.3) is 0 Å². The van der Waals surface area contributed by atoms with Gasteiger partial charge in [-0.15, -0.1) is 0 Å². The topological polar surface area (TPSA) is 75.3 Å². The Kier molecular flexibility index (Phi) is 5.96. The van der Waals surface area contributed by atoms with Crippen molar-refractivity contribution in [3.63, 3.8) is 0 Å². The summed E-state index contributed by atoms with van der Waals surface area (Å²) in [6, 6.07) is 0. The Balaban J connectivity index is 4.01. The highest BCUT2D eigenvalue weighted by molar-refractivity contribution is 7.92. The lowest BCUT2D eigenvalue weighted by molar-refractivity contribution is -0.121. The van der Waals surface area contributed by atoms with Gasteiger partial charge in [0.15, 0.2) is 9.84 Å². The maximum absolute atomic E-state index is 11.4. The highest BCUT2D eigenvalue weighted by atomic mass is 32.2. The Morgan fingerprint density at radius 3 is 2.31 bits per heavy atom. The summed E-state index contributed by atoms with van der Waals surface area (Å²) in [6.07, 6.45) is 1.55. The van der Waals surface area contributed by atoms with Crippen LogP contribution in [0.3, 0.4) is 0 Å². The van der Waals surface area contributed by atoms with Crippen LogP contribution in [0.15, 0.2) is 0 Å². The van der Waals surface area contributed by atoms with E-state index in [1.807, 2.05) is 6.92 Å². The molecule has 0 saturated heterocycles. The summed E-state index contributed by atoms with van der Waals surface area (Å²) in [5.41, 5.74) is 0. The Hall–Kier alpha value is -0.620. The van der Waals surface area contributed by atoms with Gasteiger partial charge in [0.05, 0.1) is 4.75 Å². The molecule has 96 valence electrons. The number of hydrogen-bond donors (Lipinski definition) is 2. The number of nitrogens with one attached hydrogen (secondary N) is 2. The van der Waals surface area contributed by atoms with Gasteiger partial charge >= 0.3 is 0 Å². The number of carbonyl (C=O) groups is 1. The summed E-state index contributed by atoms with van der Waals surface area (Å²) in [6.45, 7) is 6.75. The maximum atomic E-state index is 11.4. The second-order valence-corrected chi connectivity index (χ2v) is 7.06. The standard InChI is InChI=1S/C10H22N2O3S/c1-5-11-7-6-9(13)12-8-10(2,3)16(4,14)15/h11H,5-8H2,1-4H3,(H,12,13). The van der Waals surface area contributed by atoms with Gasteiger partial charge in [0.2, 0.25) is 5.91 Å². The molecule has 0 atom stereocenters. The van der Waals surface area contributed by atoms with Gasteiger partial charge in [0.1, 0.15) is 0 Å². The van der Waals surface area contributed by atoms with Crippen LogP contribution in [-0.2, 0) is 14.6 Å². The van der Waals surface area contributed by atoms with Crippen molar-refractivity contribution in [1.82, 2.24) is 10.6 Å².